The van der Waals surface area contributed by atoms with Crippen LogP contribution >= 0.6 is 0 Å². The number of pyridine rings is 2. The Morgan fingerprint density at radius 1 is 0.390 bits per heavy atom. The summed E-state index contributed by atoms with van der Waals surface area (Å²) in [6.45, 7) is 13.4. The van der Waals surface area contributed by atoms with Gasteiger partial charge in [-0.1, -0.05) is 270 Å². The summed E-state index contributed by atoms with van der Waals surface area (Å²) in [4.78, 5) is 11.2. The highest BCUT2D eigenvalue weighted by molar-refractivity contribution is 5.87. The molecular weight excluding hydrogens is 929 g/mol. The average Bonchev–Trinajstić information content (AvgIpc) is 3.86. The third-order valence-corrected chi connectivity index (χ3v) is 17.5. The van der Waals surface area contributed by atoms with Gasteiger partial charge in [-0.25, -0.2) is 0 Å². The molecule has 2 atom stereocenters. The van der Waals surface area contributed by atoms with Gasteiger partial charge in [0.25, 0.3) is 0 Å². The van der Waals surface area contributed by atoms with E-state index in [1.54, 1.807) is 0 Å². The average molecular weight is 1010 g/mol. The van der Waals surface area contributed by atoms with Crippen molar-refractivity contribution in [2.45, 2.75) is 135 Å². The van der Waals surface area contributed by atoms with E-state index in [1.165, 1.54) is 129 Å². The molecule has 3 aliphatic rings. The number of aromatic nitrogens is 2. The van der Waals surface area contributed by atoms with Crippen LogP contribution in [-0.2, 0) is 16.2 Å². The number of unbranched alkanes of at least 4 members (excludes halogenated alkanes) is 6. The first-order valence-corrected chi connectivity index (χ1v) is 28.9. The number of aryl methyl sites for hydroxylation is 2. The maximum atomic E-state index is 5.58. The van der Waals surface area contributed by atoms with E-state index in [9.17, 15) is 0 Å². The van der Waals surface area contributed by atoms with Gasteiger partial charge in [0.1, 0.15) is 0 Å². The SMILES string of the molecule is CCCCCCC1(c2cc(-c3ccc(C4(c5ccc(-c6cc(-c7ccc(C)cc7)nc(C7(CCCCCC)C=CC(C)=CC7)c6)cc5)c5ccccc5-c5ccccc54)cc3)cc(-c3ccc(C)cc3)n2)C=CC(C)=CC1. The van der Waals surface area contributed by atoms with Crippen molar-refractivity contribution in [1.82, 2.24) is 9.97 Å². The van der Waals surface area contributed by atoms with E-state index in [0.717, 1.165) is 59.6 Å². The predicted octanol–water partition coefficient (Wildman–Crippen LogP) is 20.4. The van der Waals surface area contributed by atoms with Crippen LogP contribution in [-0.4, -0.2) is 9.97 Å². The van der Waals surface area contributed by atoms with Gasteiger partial charge in [0.2, 0.25) is 0 Å². The Balaban J connectivity index is 1.03. The van der Waals surface area contributed by atoms with Gasteiger partial charge in [0.05, 0.1) is 28.2 Å². The lowest BCUT2D eigenvalue weighted by Crippen LogP contribution is -2.28. The summed E-state index contributed by atoms with van der Waals surface area (Å²) in [5.41, 5.74) is 23.5. The summed E-state index contributed by atoms with van der Waals surface area (Å²) in [5, 5.41) is 0. The molecule has 2 aromatic heterocycles. The Hall–Kier alpha value is -7.42. The molecule has 0 fully saturated rings. The molecule has 6 aromatic carbocycles. The van der Waals surface area contributed by atoms with Crippen molar-refractivity contribution in [3.05, 3.63) is 262 Å². The Bertz CT molecular complexity index is 3270. The first-order chi connectivity index (χ1) is 37.6. The summed E-state index contributed by atoms with van der Waals surface area (Å²) < 4.78 is 0. The Morgan fingerprint density at radius 2 is 0.779 bits per heavy atom. The fourth-order valence-corrected chi connectivity index (χ4v) is 12.8. The first kappa shape index (κ1) is 51.7. The topological polar surface area (TPSA) is 25.8 Å². The number of fused-ring (bicyclic) bond motifs is 3. The minimum Gasteiger partial charge on any atom is -0.252 e. The van der Waals surface area contributed by atoms with Gasteiger partial charge in [-0.3, -0.25) is 9.97 Å². The molecule has 2 nitrogen and oxygen atoms in total. The summed E-state index contributed by atoms with van der Waals surface area (Å²) in [5.74, 6) is 0. The molecule has 0 saturated carbocycles. The maximum absolute atomic E-state index is 5.58. The smallest absolute Gasteiger partial charge is 0.0713 e. The Kier molecular flexibility index (Phi) is 14.9. The summed E-state index contributed by atoms with van der Waals surface area (Å²) in [6.07, 6.45) is 28.4. The molecule has 0 spiro atoms. The zero-order valence-corrected chi connectivity index (χ0v) is 46.5. The van der Waals surface area contributed by atoms with Crippen molar-refractivity contribution in [1.29, 1.82) is 0 Å². The molecule has 3 aliphatic carbocycles. The van der Waals surface area contributed by atoms with E-state index < -0.39 is 5.41 Å². The van der Waals surface area contributed by atoms with Gasteiger partial charge >= 0.3 is 0 Å². The normalized spacial score (nSPS) is 18.2. The Labute approximate surface area is 460 Å². The molecule has 8 aromatic rings. The standard InChI is InChI=1S/C75H76N2/c1-7-9-11-17-43-73(45-39-55(5)40-46-73)71-51-61(49-69(76-71)59-27-23-53(3)24-28-59)57-31-35-63(36-32-57)75(67-21-15-13-19-65(67)66-20-14-16-22-68(66)75)64-37-33-58(34-38-64)62-50-70(60-29-25-54(4)26-30-60)77-72(52-62)74(44-18-12-10-8-2)47-41-56(6)42-48-74/h13-16,19-42,45,47,49-52H,7-12,17-18,43-44,46,48H2,1-6H3. The van der Waals surface area contributed by atoms with Gasteiger partial charge in [-0.2, -0.15) is 0 Å². The van der Waals surface area contributed by atoms with Crippen LogP contribution in [0.25, 0.3) is 55.9 Å². The lowest BCUT2D eigenvalue weighted by atomic mass is 9.67. The third-order valence-electron chi connectivity index (χ3n) is 17.5. The quantitative estimate of drug-likeness (QED) is 0.0801. The molecular formula is C75H76N2. The number of rotatable bonds is 18. The van der Waals surface area contributed by atoms with E-state index in [2.05, 4.69) is 248 Å². The minimum atomic E-state index is -0.545. The van der Waals surface area contributed by atoms with Crippen LogP contribution in [0.15, 0.2) is 217 Å². The minimum absolute atomic E-state index is 0.157. The number of allylic oxidation sites excluding steroid dienone is 8. The number of nitrogens with zero attached hydrogens (tertiary/aromatic N) is 2. The van der Waals surface area contributed by atoms with Crippen LogP contribution in [0.4, 0.5) is 0 Å². The molecule has 2 heteroatoms. The molecule has 386 valence electrons. The van der Waals surface area contributed by atoms with Gasteiger partial charge in [-0.05, 0) is 133 Å². The molecule has 0 saturated heterocycles. The van der Waals surface area contributed by atoms with Crippen LogP contribution in [0.2, 0.25) is 0 Å². The van der Waals surface area contributed by atoms with Crippen LogP contribution < -0.4 is 0 Å². The molecule has 77 heavy (non-hydrogen) atoms. The van der Waals surface area contributed by atoms with Crippen LogP contribution in [0.5, 0.6) is 0 Å². The number of hydrogen-bond acceptors (Lipinski definition) is 2. The highest BCUT2D eigenvalue weighted by Gasteiger charge is 2.46. The second-order valence-corrected chi connectivity index (χ2v) is 22.9. The molecule has 0 aliphatic heterocycles. The van der Waals surface area contributed by atoms with Crippen molar-refractivity contribution in [2.75, 3.05) is 0 Å². The van der Waals surface area contributed by atoms with E-state index >= 15 is 0 Å². The molecule has 0 N–H and O–H groups in total. The van der Waals surface area contributed by atoms with Gasteiger partial charge in [0, 0.05) is 22.0 Å². The second-order valence-electron chi connectivity index (χ2n) is 22.9. The molecule has 0 bridgehead atoms. The summed E-state index contributed by atoms with van der Waals surface area (Å²) in [6, 6.07) is 64.6. The fraction of sp³-hybridized carbons (Fsp3) is 0.280. The van der Waals surface area contributed by atoms with Crippen LogP contribution in [0.3, 0.4) is 0 Å². The summed E-state index contributed by atoms with van der Waals surface area (Å²) >= 11 is 0. The number of benzene rings is 6. The highest BCUT2D eigenvalue weighted by Crippen LogP contribution is 2.56. The zero-order valence-electron chi connectivity index (χ0n) is 46.5. The lowest BCUT2D eigenvalue weighted by Gasteiger charge is -2.34. The van der Waals surface area contributed by atoms with Crippen LogP contribution in [0, 0.1) is 13.8 Å². The molecule has 0 amide bonds. The maximum Gasteiger partial charge on any atom is 0.0713 e. The van der Waals surface area contributed by atoms with E-state index in [-0.39, 0.29) is 10.8 Å². The van der Waals surface area contributed by atoms with Gasteiger partial charge in [-0.15, -0.1) is 0 Å². The van der Waals surface area contributed by atoms with E-state index in [4.69, 9.17) is 9.97 Å². The van der Waals surface area contributed by atoms with Crippen molar-refractivity contribution < 1.29 is 0 Å². The second kappa shape index (κ2) is 22.3. The van der Waals surface area contributed by atoms with Gasteiger partial charge in [0.15, 0.2) is 0 Å². The molecule has 11 rings (SSSR count). The fourth-order valence-electron chi connectivity index (χ4n) is 12.8. The van der Waals surface area contributed by atoms with Crippen molar-refractivity contribution in [3.8, 4) is 55.9 Å². The predicted molar refractivity (Wildman–Crippen MR) is 326 cm³/mol. The Morgan fingerprint density at radius 3 is 1.16 bits per heavy atom. The zero-order chi connectivity index (χ0) is 53.0. The molecule has 2 unspecified atom stereocenters. The largest absolute Gasteiger partial charge is 0.252 e. The van der Waals surface area contributed by atoms with Crippen molar-refractivity contribution >= 4 is 0 Å². The van der Waals surface area contributed by atoms with Gasteiger partial charge < -0.3 is 0 Å². The summed E-state index contributed by atoms with van der Waals surface area (Å²) in [7, 11) is 0. The van der Waals surface area contributed by atoms with Crippen molar-refractivity contribution in [2.24, 2.45) is 0 Å². The highest BCUT2D eigenvalue weighted by atomic mass is 14.8. The first-order valence-electron chi connectivity index (χ1n) is 28.9. The monoisotopic (exact) mass is 1000 g/mol. The number of hydrogen-bond donors (Lipinski definition) is 0. The molecule has 2 heterocycles. The van der Waals surface area contributed by atoms with E-state index in [0.29, 0.717) is 0 Å². The van der Waals surface area contributed by atoms with E-state index in [1.807, 2.05) is 0 Å². The molecule has 0 radical (unpaired) electrons. The lowest BCUT2D eigenvalue weighted by molar-refractivity contribution is 0.445. The third kappa shape index (κ3) is 10.2. The van der Waals surface area contributed by atoms with Crippen LogP contribution in [0.1, 0.15) is 150 Å². The van der Waals surface area contributed by atoms with Crippen molar-refractivity contribution in [3.63, 3.8) is 0 Å².